The van der Waals surface area contributed by atoms with E-state index in [1.54, 1.807) is 0 Å². The number of aliphatic imine (C=N–C) groups is 2. The molecule has 3 aromatic rings. The Balaban J connectivity index is 0.00000210. The molecule has 0 unspecified atom stereocenters. The highest BCUT2D eigenvalue weighted by Crippen LogP contribution is 2.28. The molecule has 0 amide bonds. The van der Waals surface area contributed by atoms with E-state index in [0.717, 1.165) is 33.4 Å². The molecule has 0 bridgehead atoms. The Morgan fingerprint density at radius 2 is 1.28 bits per heavy atom. The highest BCUT2D eigenvalue weighted by atomic mass is 35.5. The first kappa shape index (κ1) is 24.5. The Labute approximate surface area is 184 Å². The fraction of sp³-hybridized carbons (Fsp3) is 0.273. The zero-order valence-electron chi connectivity index (χ0n) is 17.0. The van der Waals surface area contributed by atoms with Crippen LogP contribution < -0.4 is 11.5 Å². The largest absolute Gasteiger partial charge is 0.456 e. The summed E-state index contributed by atoms with van der Waals surface area (Å²) in [7, 11) is 0. The molecule has 0 saturated carbocycles. The van der Waals surface area contributed by atoms with E-state index in [1.807, 2.05) is 76.2 Å². The van der Waals surface area contributed by atoms with Crippen LogP contribution in [0.3, 0.4) is 0 Å². The standard InChI is InChI=1S/C22H26N4O.2ClH/c1-13(2)25-21(23)16-7-5-15(6-8-16)19-11-17-9-10-18(12-20(17)27-19)22(24)26-14(3)4;;/h5-14H,1-4H3,(H2,23,25)(H2,24,26);2*1H. The third-order valence-corrected chi connectivity index (χ3v) is 4.08. The van der Waals surface area contributed by atoms with Gasteiger partial charge >= 0.3 is 0 Å². The third kappa shape index (κ3) is 5.99. The summed E-state index contributed by atoms with van der Waals surface area (Å²) >= 11 is 0. The van der Waals surface area contributed by atoms with Crippen molar-refractivity contribution in [2.75, 3.05) is 0 Å². The molecule has 0 aliphatic carbocycles. The fourth-order valence-electron chi connectivity index (χ4n) is 2.84. The average molecular weight is 435 g/mol. The zero-order chi connectivity index (χ0) is 19.6. The monoisotopic (exact) mass is 434 g/mol. The van der Waals surface area contributed by atoms with Gasteiger partial charge in [-0.15, -0.1) is 24.8 Å². The highest BCUT2D eigenvalue weighted by molar-refractivity contribution is 6.01. The van der Waals surface area contributed by atoms with Crippen LogP contribution in [0.2, 0.25) is 0 Å². The number of hydrogen-bond acceptors (Lipinski definition) is 3. The first-order valence-electron chi connectivity index (χ1n) is 9.15. The summed E-state index contributed by atoms with van der Waals surface area (Å²) in [6, 6.07) is 16.1. The van der Waals surface area contributed by atoms with Gasteiger partial charge in [0.1, 0.15) is 23.0 Å². The van der Waals surface area contributed by atoms with Gasteiger partial charge in [0.25, 0.3) is 0 Å². The number of rotatable bonds is 5. The van der Waals surface area contributed by atoms with E-state index in [0.29, 0.717) is 11.7 Å². The molecule has 1 aromatic heterocycles. The molecule has 0 fully saturated rings. The molecular formula is C22H28Cl2N4O. The van der Waals surface area contributed by atoms with Gasteiger partial charge in [-0.1, -0.05) is 36.4 Å². The van der Waals surface area contributed by atoms with Crippen LogP contribution in [0, 0.1) is 0 Å². The van der Waals surface area contributed by atoms with Crippen molar-refractivity contribution in [3.8, 4) is 11.3 Å². The molecule has 2 aromatic carbocycles. The lowest BCUT2D eigenvalue weighted by atomic mass is 10.1. The number of amidine groups is 2. The van der Waals surface area contributed by atoms with Crippen LogP contribution in [0.15, 0.2) is 62.9 Å². The van der Waals surface area contributed by atoms with Crippen LogP contribution in [0.5, 0.6) is 0 Å². The van der Waals surface area contributed by atoms with E-state index in [4.69, 9.17) is 15.9 Å². The maximum absolute atomic E-state index is 6.07. The van der Waals surface area contributed by atoms with Crippen LogP contribution in [0.25, 0.3) is 22.3 Å². The number of hydrogen-bond donors (Lipinski definition) is 2. The predicted octanol–water partition coefficient (Wildman–Crippen LogP) is 5.17. The number of benzene rings is 2. The number of nitrogens with zero attached hydrogens (tertiary/aromatic N) is 2. The summed E-state index contributed by atoms with van der Waals surface area (Å²) in [4.78, 5) is 8.77. The second kappa shape index (κ2) is 10.3. The minimum Gasteiger partial charge on any atom is -0.456 e. The number of fused-ring (bicyclic) bond motifs is 1. The first-order chi connectivity index (χ1) is 12.8. The molecule has 5 nitrogen and oxygen atoms in total. The van der Waals surface area contributed by atoms with E-state index >= 15 is 0 Å². The van der Waals surface area contributed by atoms with Gasteiger partial charge in [0.15, 0.2) is 0 Å². The Morgan fingerprint density at radius 3 is 1.83 bits per heavy atom. The molecule has 0 aliphatic heterocycles. The molecule has 0 atom stereocenters. The summed E-state index contributed by atoms with van der Waals surface area (Å²) < 4.78 is 6.04. The number of furan rings is 1. The van der Waals surface area contributed by atoms with E-state index in [-0.39, 0.29) is 36.9 Å². The van der Waals surface area contributed by atoms with Crippen molar-refractivity contribution >= 4 is 47.5 Å². The summed E-state index contributed by atoms with van der Waals surface area (Å²) in [5.41, 5.74) is 15.6. The smallest absolute Gasteiger partial charge is 0.135 e. The van der Waals surface area contributed by atoms with Crippen LogP contribution in [-0.4, -0.2) is 23.8 Å². The molecule has 7 heteroatoms. The summed E-state index contributed by atoms with van der Waals surface area (Å²) in [5, 5.41) is 1.02. The summed E-state index contributed by atoms with van der Waals surface area (Å²) in [6.45, 7) is 8.00. The van der Waals surface area contributed by atoms with Crippen molar-refractivity contribution < 1.29 is 4.42 Å². The zero-order valence-corrected chi connectivity index (χ0v) is 18.7. The van der Waals surface area contributed by atoms with Gasteiger partial charge in [-0.05, 0) is 39.8 Å². The van der Waals surface area contributed by atoms with Crippen molar-refractivity contribution in [1.82, 2.24) is 0 Å². The molecule has 4 N–H and O–H groups in total. The fourth-order valence-corrected chi connectivity index (χ4v) is 2.84. The maximum Gasteiger partial charge on any atom is 0.135 e. The van der Waals surface area contributed by atoms with E-state index in [2.05, 4.69) is 9.98 Å². The molecular weight excluding hydrogens is 407 g/mol. The van der Waals surface area contributed by atoms with Gasteiger partial charge in [-0.25, -0.2) is 0 Å². The van der Waals surface area contributed by atoms with Crippen LogP contribution in [0.4, 0.5) is 0 Å². The average Bonchev–Trinajstić information content (AvgIpc) is 3.04. The minimum absolute atomic E-state index is 0. The lowest BCUT2D eigenvalue weighted by Gasteiger charge is -2.04. The second-order valence-electron chi connectivity index (χ2n) is 7.16. The minimum atomic E-state index is 0. The van der Waals surface area contributed by atoms with Crippen LogP contribution in [-0.2, 0) is 0 Å². The molecule has 29 heavy (non-hydrogen) atoms. The third-order valence-electron chi connectivity index (χ3n) is 4.08. The van der Waals surface area contributed by atoms with Crippen molar-refractivity contribution in [3.63, 3.8) is 0 Å². The van der Waals surface area contributed by atoms with Gasteiger partial charge in [0, 0.05) is 34.2 Å². The lowest BCUT2D eigenvalue weighted by molar-refractivity contribution is 0.631. The van der Waals surface area contributed by atoms with E-state index in [1.165, 1.54) is 0 Å². The highest BCUT2D eigenvalue weighted by Gasteiger charge is 2.09. The van der Waals surface area contributed by atoms with Gasteiger partial charge in [-0.3, -0.25) is 9.98 Å². The predicted molar refractivity (Wildman–Crippen MR) is 128 cm³/mol. The lowest BCUT2D eigenvalue weighted by Crippen LogP contribution is -2.15. The van der Waals surface area contributed by atoms with Gasteiger partial charge in [0.05, 0.1) is 0 Å². The Bertz CT molecular complexity index is 1010. The molecule has 1 heterocycles. The summed E-state index contributed by atoms with van der Waals surface area (Å²) in [6.07, 6.45) is 0. The van der Waals surface area contributed by atoms with Crippen molar-refractivity contribution in [1.29, 1.82) is 0 Å². The second-order valence-corrected chi connectivity index (χ2v) is 7.16. The molecule has 0 saturated heterocycles. The van der Waals surface area contributed by atoms with Crippen molar-refractivity contribution in [2.24, 2.45) is 21.5 Å². The van der Waals surface area contributed by atoms with Gasteiger partial charge in [0.2, 0.25) is 0 Å². The molecule has 0 radical (unpaired) electrons. The van der Waals surface area contributed by atoms with Crippen LogP contribution >= 0.6 is 24.8 Å². The van der Waals surface area contributed by atoms with Crippen molar-refractivity contribution in [2.45, 2.75) is 39.8 Å². The SMILES string of the molecule is CC(C)N=C(N)c1ccc(-c2cc3ccc(C(N)=NC(C)C)cc3o2)cc1.Cl.Cl. The number of halogens is 2. The number of nitrogens with two attached hydrogens (primary N) is 2. The normalized spacial score (nSPS) is 12.2. The van der Waals surface area contributed by atoms with Gasteiger partial charge < -0.3 is 15.9 Å². The maximum atomic E-state index is 6.07. The van der Waals surface area contributed by atoms with E-state index in [9.17, 15) is 0 Å². The molecule has 0 aliphatic rings. The molecule has 0 spiro atoms. The summed E-state index contributed by atoms with van der Waals surface area (Å²) in [5.74, 6) is 1.87. The van der Waals surface area contributed by atoms with Crippen LogP contribution in [0.1, 0.15) is 38.8 Å². The quantitative estimate of drug-likeness (QED) is 0.428. The first-order valence-corrected chi connectivity index (χ1v) is 9.15. The Kier molecular flexibility index (Phi) is 8.74. The topological polar surface area (TPSA) is 89.9 Å². The Hall–Kier alpha value is -2.50. The Morgan fingerprint density at radius 1 is 0.759 bits per heavy atom. The van der Waals surface area contributed by atoms with E-state index < -0.39 is 0 Å². The molecule has 156 valence electrons. The van der Waals surface area contributed by atoms with Gasteiger partial charge in [-0.2, -0.15) is 0 Å². The van der Waals surface area contributed by atoms with Crippen molar-refractivity contribution in [3.05, 3.63) is 59.7 Å². The molecule has 3 rings (SSSR count).